The maximum atomic E-state index is 12.1. The summed E-state index contributed by atoms with van der Waals surface area (Å²) in [5.74, 6) is 1.55. The third kappa shape index (κ3) is 5.20. The largest absolute Gasteiger partial charge is 0.493 e. The molecule has 0 spiro atoms. The molecule has 29 heavy (non-hydrogen) atoms. The Bertz CT molecular complexity index is 1010. The zero-order valence-electron chi connectivity index (χ0n) is 16.0. The molecular weight excluding hydrogens is 386 g/mol. The molecule has 1 N–H and O–H groups in total. The molecule has 0 unspecified atom stereocenters. The Kier molecular flexibility index (Phi) is 5.86. The first kappa shape index (κ1) is 19.1. The maximum Gasteiger partial charge on any atom is 0.250 e. The van der Waals surface area contributed by atoms with Crippen LogP contribution in [0.15, 0.2) is 54.6 Å². The average Bonchev–Trinajstić information content (AvgIpc) is 3.51. The summed E-state index contributed by atoms with van der Waals surface area (Å²) in [6.45, 7) is 0.458. The van der Waals surface area contributed by atoms with Gasteiger partial charge >= 0.3 is 0 Å². The molecule has 1 heterocycles. The zero-order chi connectivity index (χ0) is 20.1. The van der Waals surface area contributed by atoms with Crippen LogP contribution in [0.1, 0.15) is 34.9 Å². The monoisotopic (exact) mass is 407 g/mol. The lowest BCUT2D eigenvalue weighted by Gasteiger charge is -2.11. The first-order valence-electron chi connectivity index (χ1n) is 9.38. The summed E-state index contributed by atoms with van der Waals surface area (Å²) in [6, 6.07) is 15.5. The number of hydrogen-bond acceptors (Lipinski definition) is 6. The van der Waals surface area contributed by atoms with Gasteiger partial charge in [-0.25, -0.2) is 0 Å². The van der Waals surface area contributed by atoms with Gasteiger partial charge in [0.05, 0.1) is 7.11 Å². The van der Waals surface area contributed by atoms with Crippen molar-refractivity contribution in [2.24, 2.45) is 0 Å². The van der Waals surface area contributed by atoms with Gasteiger partial charge in [0.25, 0.3) is 0 Å². The maximum absolute atomic E-state index is 12.1. The van der Waals surface area contributed by atoms with E-state index in [0.717, 1.165) is 29.0 Å². The Morgan fingerprint density at radius 1 is 1.17 bits per heavy atom. The van der Waals surface area contributed by atoms with Gasteiger partial charge in [-0.2, -0.15) is 0 Å². The van der Waals surface area contributed by atoms with Crippen LogP contribution in [-0.4, -0.2) is 23.2 Å². The van der Waals surface area contributed by atoms with E-state index in [1.54, 1.807) is 13.2 Å². The van der Waals surface area contributed by atoms with Gasteiger partial charge in [-0.3, -0.25) is 10.1 Å². The zero-order valence-corrected chi connectivity index (χ0v) is 16.8. The number of benzene rings is 2. The Balaban J connectivity index is 1.36. The smallest absolute Gasteiger partial charge is 0.250 e. The minimum absolute atomic E-state index is 0.244. The van der Waals surface area contributed by atoms with Crippen molar-refractivity contribution in [3.63, 3.8) is 0 Å². The summed E-state index contributed by atoms with van der Waals surface area (Å²) in [5.41, 5.74) is 1.91. The number of carbonyl (C=O) groups is 1. The van der Waals surface area contributed by atoms with Crippen LogP contribution in [0.25, 0.3) is 6.08 Å². The molecule has 0 bridgehead atoms. The Labute approximate surface area is 173 Å². The van der Waals surface area contributed by atoms with Crippen molar-refractivity contribution < 1.29 is 14.3 Å². The summed E-state index contributed by atoms with van der Waals surface area (Å²) in [6.07, 6.45) is 5.52. The fourth-order valence-corrected chi connectivity index (χ4v) is 3.66. The summed E-state index contributed by atoms with van der Waals surface area (Å²) < 4.78 is 11.3. The minimum atomic E-state index is -0.244. The number of rotatable bonds is 8. The minimum Gasteiger partial charge on any atom is -0.493 e. The molecule has 1 aliphatic rings. The molecule has 1 saturated carbocycles. The normalized spacial score (nSPS) is 13.4. The second-order valence-electron chi connectivity index (χ2n) is 6.73. The Morgan fingerprint density at radius 3 is 2.76 bits per heavy atom. The van der Waals surface area contributed by atoms with Gasteiger partial charge in [0, 0.05) is 12.0 Å². The van der Waals surface area contributed by atoms with E-state index in [-0.39, 0.29) is 5.91 Å². The summed E-state index contributed by atoms with van der Waals surface area (Å²) >= 11 is 1.44. The van der Waals surface area contributed by atoms with Crippen molar-refractivity contribution in [1.29, 1.82) is 0 Å². The molecule has 6 nitrogen and oxygen atoms in total. The lowest BCUT2D eigenvalue weighted by Crippen LogP contribution is -2.07. The molecule has 3 aromatic rings. The highest BCUT2D eigenvalue weighted by Crippen LogP contribution is 2.42. The van der Waals surface area contributed by atoms with Crippen molar-refractivity contribution >= 4 is 28.5 Å². The van der Waals surface area contributed by atoms with Crippen molar-refractivity contribution in [2.45, 2.75) is 25.4 Å². The number of amides is 1. The first-order valence-corrected chi connectivity index (χ1v) is 10.2. The number of carbonyl (C=O) groups excluding carboxylic acids is 1. The molecule has 0 saturated heterocycles. The first-order chi connectivity index (χ1) is 14.2. The molecule has 4 rings (SSSR count). The second kappa shape index (κ2) is 8.87. The fraction of sp³-hybridized carbons (Fsp3) is 0.227. The van der Waals surface area contributed by atoms with Crippen molar-refractivity contribution in [3.05, 3.63) is 70.7 Å². The molecular formula is C22H21N3O3S. The van der Waals surface area contributed by atoms with Gasteiger partial charge in [-0.15, -0.1) is 10.2 Å². The number of anilines is 1. The van der Waals surface area contributed by atoms with Gasteiger partial charge in [0.1, 0.15) is 11.6 Å². The van der Waals surface area contributed by atoms with Crippen LogP contribution in [0.4, 0.5) is 5.13 Å². The van der Waals surface area contributed by atoms with E-state index in [0.29, 0.717) is 29.2 Å². The topological polar surface area (TPSA) is 73.3 Å². The predicted octanol–water partition coefficient (Wildman–Crippen LogP) is 4.66. The quantitative estimate of drug-likeness (QED) is 0.550. The van der Waals surface area contributed by atoms with Crippen LogP contribution in [0.5, 0.6) is 11.5 Å². The Hall–Kier alpha value is -3.19. The van der Waals surface area contributed by atoms with E-state index in [1.165, 1.54) is 17.4 Å². The van der Waals surface area contributed by atoms with Gasteiger partial charge < -0.3 is 9.47 Å². The van der Waals surface area contributed by atoms with Gasteiger partial charge in [0.15, 0.2) is 11.5 Å². The molecule has 148 valence electrons. The average molecular weight is 407 g/mol. The molecule has 1 fully saturated rings. The van der Waals surface area contributed by atoms with Crippen LogP contribution in [0.3, 0.4) is 0 Å². The lowest BCUT2D eigenvalue weighted by atomic mass is 10.2. The SMILES string of the molecule is COc1cc(/C=C/C(=O)Nc2nnc(C3CC3)s2)ccc1OCc1ccccc1. The molecule has 1 amide bonds. The van der Waals surface area contributed by atoms with E-state index in [1.807, 2.05) is 48.5 Å². The van der Waals surface area contributed by atoms with E-state index in [2.05, 4.69) is 15.5 Å². The van der Waals surface area contributed by atoms with Gasteiger partial charge in [0.2, 0.25) is 11.0 Å². The highest BCUT2D eigenvalue weighted by atomic mass is 32.1. The highest BCUT2D eigenvalue weighted by molar-refractivity contribution is 7.15. The lowest BCUT2D eigenvalue weighted by molar-refractivity contribution is -0.111. The van der Waals surface area contributed by atoms with E-state index in [9.17, 15) is 4.79 Å². The van der Waals surface area contributed by atoms with E-state index >= 15 is 0 Å². The molecule has 1 aliphatic carbocycles. The third-order valence-electron chi connectivity index (χ3n) is 4.45. The standard InChI is InChI=1S/C22H21N3O3S/c1-27-19-13-15(7-11-18(19)28-14-16-5-3-2-4-6-16)8-12-20(26)23-22-25-24-21(29-22)17-9-10-17/h2-8,11-13,17H,9-10,14H2,1H3,(H,23,25,26)/b12-8+. The van der Waals surface area contributed by atoms with Gasteiger partial charge in [-0.05, 0) is 42.2 Å². The molecule has 7 heteroatoms. The summed E-state index contributed by atoms with van der Waals surface area (Å²) in [7, 11) is 1.60. The Morgan fingerprint density at radius 2 is 2.00 bits per heavy atom. The van der Waals surface area contributed by atoms with Crippen LogP contribution in [0, 0.1) is 0 Å². The predicted molar refractivity (Wildman–Crippen MR) is 113 cm³/mol. The van der Waals surface area contributed by atoms with Gasteiger partial charge in [-0.1, -0.05) is 47.7 Å². The number of hydrogen-bond donors (Lipinski definition) is 1. The molecule has 0 atom stereocenters. The number of nitrogens with one attached hydrogen (secondary N) is 1. The van der Waals surface area contributed by atoms with Crippen molar-refractivity contribution in [3.8, 4) is 11.5 Å². The highest BCUT2D eigenvalue weighted by Gasteiger charge is 2.27. The van der Waals surface area contributed by atoms with Crippen molar-refractivity contribution in [1.82, 2.24) is 10.2 Å². The molecule has 2 aromatic carbocycles. The molecule has 0 aliphatic heterocycles. The number of methoxy groups -OCH3 is 1. The summed E-state index contributed by atoms with van der Waals surface area (Å²) in [5, 5.41) is 12.4. The van der Waals surface area contributed by atoms with E-state index in [4.69, 9.17) is 9.47 Å². The molecule has 1 aromatic heterocycles. The third-order valence-corrected chi connectivity index (χ3v) is 5.45. The fourth-order valence-electron chi connectivity index (χ4n) is 2.74. The number of nitrogens with zero attached hydrogens (tertiary/aromatic N) is 2. The van der Waals surface area contributed by atoms with Crippen LogP contribution in [0.2, 0.25) is 0 Å². The second-order valence-corrected chi connectivity index (χ2v) is 7.74. The van der Waals surface area contributed by atoms with Crippen LogP contribution >= 0.6 is 11.3 Å². The van der Waals surface area contributed by atoms with E-state index < -0.39 is 0 Å². The summed E-state index contributed by atoms with van der Waals surface area (Å²) in [4.78, 5) is 12.1. The molecule has 0 radical (unpaired) electrons. The van der Waals surface area contributed by atoms with Crippen LogP contribution in [-0.2, 0) is 11.4 Å². The number of aromatic nitrogens is 2. The van der Waals surface area contributed by atoms with Crippen molar-refractivity contribution in [2.75, 3.05) is 12.4 Å². The van der Waals surface area contributed by atoms with Crippen LogP contribution < -0.4 is 14.8 Å². The number of ether oxygens (including phenoxy) is 2.